The third-order valence-electron chi connectivity index (χ3n) is 4.02. The summed E-state index contributed by atoms with van der Waals surface area (Å²) in [5, 5.41) is 0. The van der Waals surface area contributed by atoms with E-state index in [1.165, 1.54) is 36.1 Å². The Bertz CT molecular complexity index is 1110. The summed E-state index contributed by atoms with van der Waals surface area (Å²) in [4.78, 5) is 0.569. The quantitative estimate of drug-likeness (QED) is 0.604. The van der Waals surface area contributed by atoms with Crippen molar-refractivity contribution in [3.63, 3.8) is 0 Å². The Labute approximate surface area is 157 Å². The third-order valence-corrected chi connectivity index (χ3v) is 6.46. The summed E-state index contributed by atoms with van der Waals surface area (Å²) in [5.74, 6) is 0.597. The number of fused-ring (bicyclic) bond motifs is 1. The van der Waals surface area contributed by atoms with E-state index in [1.807, 2.05) is 10.6 Å². The lowest BCUT2D eigenvalue weighted by molar-refractivity contribution is 0.414. The monoisotopic (exact) mass is 388 g/mol. The standard InChI is InChI=1S/C19H20N2O3S2/c1-4-12-21-17-11-6-14(5-2)13-18(17)25-19(21)20-26(22,23)16-9-7-15(24-3)8-10-16/h4,6-11,13H,1,5,12H2,2-3H3. The van der Waals surface area contributed by atoms with Gasteiger partial charge in [0.05, 0.1) is 22.2 Å². The summed E-state index contributed by atoms with van der Waals surface area (Å²) >= 11 is 1.37. The molecule has 26 heavy (non-hydrogen) atoms. The normalized spacial score (nSPS) is 12.5. The smallest absolute Gasteiger partial charge is 0.285 e. The number of hydrogen-bond donors (Lipinski definition) is 0. The van der Waals surface area contributed by atoms with E-state index in [1.54, 1.807) is 18.2 Å². The number of benzene rings is 2. The van der Waals surface area contributed by atoms with Gasteiger partial charge >= 0.3 is 0 Å². The Balaban J connectivity index is 2.17. The van der Waals surface area contributed by atoms with Crippen molar-refractivity contribution in [1.29, 1.82) is 0 Å². The van der Waals surface area contributed by atoms with Crippen molar-refractivity contribution in [3.05, 3.63) is 65.5 Å². The van der Waals surface area contributed by atoms with E-state index in [-0.39, 0.29) is 4.90 Å². The predicted octanol–water partition coefficient (Wildman–Crippen LogP) is 3.75. The van der Waals surface area contributed by atoms with Gasteiger partial charge in [-0.25, -0.2) is 0 Å². The number of aryl methyl sites for hydroxylation is 1. The molecule has 0 spiro atoms. The van der Waals surface area contributed by atoms with Crippen LogP contribution in [0.4, 0.5) is 0 Å². The van der Waals surface area contributed by atoms with Crippen LogP contribution in [-0.4, -0.2) is 20.1 Å². The molecule has 5 nitrogen and oxygen atoms in total. The Morgan fingerprint density at radius 1 is 1.23 bits per heavy atom. The molecule has 0 aliphatic heterocycles. The van der Waals surface area contributed by atoms with Gasteiger partial charge in [-0.2, -0.15) is 8.42 Å². The minimum absolute atomic E-state index is 0.134. The van der Waals surface area contributed by atoms with Crippen molar-refractivity contribution in [2.75, 3.05) is 7.11 Å². The van der Waals surface area contributed by atoms with Gasteiger partial charge in [0.15, 0.2) is 0 Å². The van der Waals surface area contributed by atoms with E-state index >= 15 is 0 Å². The van der Waals surface area contributed by atoms with Crippen LogP contribution in [0.5, 0.6) is 5.75 Å². The lowest BCUT2D eigenvalue weighted by Crippen LogP contribution is -2.16. The Kier molecular flexibility index (Phi) is 5.29. The molecular weight excluding hydrogens is 368 g/mol. The molecule has 0 fully saturated rings. The molecule has 0 aliphatic carbocycles. The number of sulfonamides is 1. The van der Waals surface area contributed by atoms with Crippen molar-refractivity contribution < 1.29 is 13.2 Å². The number of aromatic nitrogens is 1. The summed E-state index contributed by atoms with van der Waals surface area (Å²) in [5.41, 5.74) is 2.16. The summed E-state index contributed by atoms with van der Waals surface area (Å²) in [6, 6.07) is 12.4. The first-order valence-electron chi connectivity index (χ1n) is 8.16. The summed E-state index contributed by atoms with van der Waals surface area (Å²) < 4.78 is 37.5. The second-order valence-electron chi connectivity index (χ2n) is 5.68. The fourth-order valence-electron chi connectivity index (χ4n) is 2.62. The minimum atomic E-state index is -3.82. The molecular formula is C19H20N2O3S2. The van der Waals surface area contributed by atoms with E-state index in [0.717, 1.165) is 16.6 Å². The second kappa shape index (κ2) is 7.47. The molecule has 136 valence electrons. The van der Waals surface area contributed by atoms with Gasteiger partial charge in [0, 0.05) is 6.54 Å². The predicted molar refractivity (Wildman–Crippen MR) is 105 cm³/mol. The molecule has 1 heterocycles. The van der Waals surface area contributed by atoms with Crippen molar-refractivity contribution in [2.45, 2.75) is 24.8 Å². The number of nitrogens with zero attached hydrogens (tertiary/aromatic N) is 2. The molecule has 0 saturated carbocycles. The fraction of sp³-hybridized carbons (Fsp3) is 0.211. The van der Waals surface area contributed by atoms with Crippen LogP contribution in [0.1, 0.15) is 12.5 Å². The van der Waals surface area contributed by atoms with Crippen molar-refractivity contribution >= 4 is 31.6 Å². The van der Waals surface area contributed by atoms with Gasteiger partial charge in [-0.05, 0) is 48.4 Å². The van der Waals surface area contributed by atoms with Gasteiger partial charge in [-0.15, -0.1) is 11.0 Å². The van der Waals surface area contributed by atoms with E-state index < -0.39 is 10.0 Å². The maximum atomic E-state index is 12.7. The average Bonchev–Trinajstić information content (AvgIpc) is 2.97. The fourth-order valence-corrected chi connectivity index (χ4v) is 4.92. The largest absolute Gasteiger partial charge is 0.497 e. The molecule has 0 aliphatic rings. The van der Waals surface area contributed by atoms with E-state index in [4.69, 9.17) is 4.74 Å². The molecule has 2 aromatic carbocycles. The van der Waals surface area contributed by atoms with E-state index in [2.05, 4.69) is 30.0 Å². The van der Waals surface area contributed by atoms with Gasteiger partial charge < -0.3 is 9.30 Å². The number of ether oxygens (including phenoxy) is 1. The molecule has 7 heteroatoms. The van der Waals surface area contributed by atoms with Crippen LogP contribution in [0.25, 0.3) is 10.2 Å². The zero-order valence-corrected chi connectivity index (χ0v) is 16.3. The first-order chi connectivity index (χ1) is 12.5. The average molecular weight is 389 g/mol. The van der Waals surface area contributed by atoms with Crippen LogP contribution in [0.3, 0.4) is 0 Å². The number of methoxy groups -OCH3 is 1. The van der Waals surface area contributed by atoms with Crippen LogP contribution in [-0.2, 0) is 23.0 Å². The Morgan fingerprint density at radius 2 is 1.96 bits per heavy atom. The van der Waals surface area contributed by atoms with Gasteiger partial charge in [-0.3, -0.25) is 0 Å². The molecule has 3 rings (SSSR count). The molecule has 0 unspecified atom stereocenters. The lowest BCUT2D eigenvalue weighted by Gasteiger charge is -2.03. The summed E-state index contributed by atoms with van der Waals surface area (Å²) in [7, 11) is -2.28. The topological polar surface area (TPSA) is 60.7 Å². The maximum Gasteiger partial charge on any atom is 0.285 e. The number of rotatable bonds is 6. The van der Waals surface area contributed by atoms with Crippen LogP contribution in [0, 0.1) is 0 Å². The highest BCUT2D eigenvalue weighted by Crippen LogP contribution is 2.21. The van der Waals surface area contributed by atoms with Crippen LogP contribution >= 0.6 is 11.3 Å². The minimum Gasteiger partial charge on any atom is -0.497 e. The SMILES string of the molecule is C=CCn1c(=NS(=O)(=O)c2ccc(OC)cc2)sc2cc(CC)ccc21. The summed E-state index contributed by atoms with van der Waals surface area (Å²) in [6.07, 6.45) is 2.66. The third kappa shape index (κ3) is 3.59. The molecule has 0 radical (unpaired) electrons. The number of hydrogen-bond acceptors (Lipinski definition) is 4. The molecule has 0 saturated heterocycles. The van der Waals surface area contributed by atoms with Crippen LogP contribution < -0.4 is 9.54 Å². The Hall–Kier alpha value is -2.38. The van der Waals surface area contributed by atoms with Gasteiger partial charge in [0.25, 0.3) is 10.0 Å². The van der Waals surface area contributed by atoms with Crippen molar-refractivity contribution in [3.8, 4) is 5.75 Å². The van der Waals surface area contributed by atoms with Crippen molar-refractivity contribution in [1.82, 2.24) is 4.57 Å². The highest BCUT2D eigenvalue weighted by molar-refractivity contribution is 7.90. The van der Waals surface area contributed by atoms with Gasteiger partial charge in [0.2, 0.25) is 4.80 Å². The zero-order valence-electron chi connectivity index (χ0n) is 14.7. The van der Waals surface area contributed by atoms with Crippen LogP contribution in [0.15, 0.2) is 64.4 Å². The highest BCUT2D eigenvalue weighted by Gasteiger charge is 2.15. The van der Waals surface area contributed by atoms with E-state index in [9.17, 15) is 8.42 Å². The first kappa shape index (κ1) is 18.4. The van der Waals surface area contributed by atoms with Crippen molar-refractivity contribution in [2.24, 2.45) is 4.40 Å². The van der Waals surface area contributed by atoms with Crippen LogP contribution in [0.2, 0.25) is 0 Å². The molecule has 1 aromatic heterocycles. The molecule has 0 atom stereocenters. The van der Waals surface area contributed by atoms with E-state index in [0.29, 0.717) is 17.1 Å². The number of allylic oxidation sites excluding steroid dienone is 1. The molecule has 3 aromatic rings. The van der Waals surface area contributed by atoms with Gasteiger partial charge in [0.1, 0.15) is 5.75 Å². The summed E-state index contributed by atoms with van der Waals surface area (Å²) in [6.45, 7) is 6.35. The Morgan fingerprint density at radius 3 is 2.58 bits per heavy atom. The molecule has 0 N–H and O–H groups in total. The lowest BCUT2D eigenvalue weighted by atomic mass is 10.2. The highest BCUT2D eigenvalue weighted by atomic mass is 32.2. The maximum absolute atomic E-state index is 12.7. The zero-order chi connectivity index (χ0) is 18.7. The number of thiazole rings is 1. The molecule has 0 amide bonds. The molecule has 0 bridgehead atoms. The second-order valence-corrected chi connectivity index (χ2v) is 8.29. The van der Waals surface area contributed by atoms with Gasteiger partial charge in [-0.1, -0.05) is 30.4 Å². The first-order valence-corrected chi connectivity index (χ1v) is 10.4.